The van der Waals surface area contributed by atoms with Crippen molar-refractivity contribution in [2.75, 3.05) is 5.32 Å². The van der Waals surface area contributed by atoms with Crippen LogP contribution in [0.3, 0.4) is 0 Å². The Balaban J connectivity index is 1.68. The summed E-state index contributed by atoms with van der Waals surface area (Å²) in [5.74, 6) is 0.324. The van der Waals surface area contributed by atoms with Gasteiger partial charge in [-0.05, 0) is 31.5 Å². The van der Waals surface area contributed by atoms with Crippen molar-refractivity contribution in [3.8, 4) is 0 Å². The largest absolute Gasteiger partial charge is 0.349 e. The summed E-state index contributed by atoms with van der Waals surface area (Å²) in [6.07, 6.45) is 5.10. The van der Waals surface area contributed by atoms with Gasteiger partial charge in [0.2, 0.25) is 5.95 Å². The van der Waals surface area contributed by atoms with Gasteiger partial charge in [-0.1, -0.05) is 24.3 Å². The number of fused-ring (bicyclic) bond motifs is 1. The van der Waals surface area contributed by atoms with Crippen molar-refractivity contribution in [1.82, 2.24) is 24.7 Å². The van der Waals surface area contributed by atoms with E-state index in [2.05, 4.69) is 25.4 Å². The molecular formula is C21H20N6O2. The summed E-state index contributed by atoms with van der Waals surface area (Å²) < 4.78 is 1.35. The summed E-state index contributed by atoms with van der Waals surface area (Å²) >= 11 is 0. The maximum atomic E-state index is 12.8. The van der Waals surface area contributed by atoms with Crippen molar-refractivity contribution in [2.45, 2.75) is 25.9 Å². The van der Waals surface area contributed by atoms with E-state index in [0.29, 0.717) is 17.0 Å². The predicted molar refractivity (Wildman–Crippen MR) is 111 cm³/mol. The van der Waals surface area contributed by atoms with E-state index in [0.717, 1.165) is 10.9 Å². The number of H-pyrrole nitrogens is 1. The summed E-state index contributed by atoms with van der Waals surface area (Å²) in [6, 6.07) is 11.8. The fourth-order valence-electron chi connectivity index (χ4n) is 3.19. The molecule has 8 nitrogen and oxygen atoms in total. The summed E-state index contributed by atoms with van der Waals surface area (Å²) in [6.45, 7) is 3.74. The monoisotopic (exact) mass is 388 g/mol. The molecule has 0 radical (unpaired) electrons. The Labute approximate surface area is 166 Å². The van der Waals surface area contributed by atoms with Crippen molar-refractivity contribution in [3.05, 3.63) is 93.0 Å². The van der Waals surface area contributed by atoms with Crippen molar-refractivity contribution in [1.29, 1.82) is 0 Å². The number of benzene rings is 1. The smallest absolute Gasteiger partial charge is 0.275 e. The standard InChI is InChI=1S/C21H20N6O2/c1-13(15-7-5-9-22-11-15)24-21-25-18(10-19(28)26-21)14(2)27-20(29)17-8-4-3-6-16(17)12-23-27/h3-14H,1-2H3,(H2,24,25,26,28)/t13-,14+/m1/s1. The van der Waals surface area contributed by atoms with E-state index in [1.54, 1.807) is 31.6 Å². The zero-order valence-corrected chi connectivity index (χ0v) is 16.0. The lowest BCUT2D eigenvalue weighted by molar-refractivity contribution is 0.524. The van der Waals surface area contributed by atoms with Gasteiger partial charge in [-0.2, -0.15) is 5.10 Å². The average Bonchev–Trinajstić information content (AvgIpc) is 2.74. The van der Waals surface area contributed by atoms with Crippen LogP contribution in [0.2, 0.25) is 0 Å². The first-order valence-corrected chi connectivity index (χ1v) is 9.27. The fourth-order valence-corrected chi connectivity index (χ4v) is 3.19. The molecule has 3 aromatic heterocycles. The second-order valence-corrected chi connectivity index (χ2v) is 6.83. The molecule has 1 aromatic carbocycles. The molecule has 2 atom stereocenters. The third-order valence-corrected chi connectivity index (χ3v) is 4.81. The first-order valence-electron chi connectivity index (χ1n) is 9.27. The quantitative estimate of drug-likeness (QED) is 0.544. The van der Waals surface area contributed by atoms with Crippen LogP contribution in [0.5, 0.6) is 0 Å². The normalized spacial score (nSPS) is 13.2. The van der Waals surface area contributed by atoms with Crippen LogP contribution >= 0.6 is 0 Å². The van der Waals surface area contributed by atoms with Crippen LogP contribution in [0.4, 0.5) is 5.95 Å². The Kier molecular flexibility index (Phi) is 4.90. The van der Waals surface area contributed by atoms with Crippen molar-refractivity contribution >= 4 is 16.7 Å². The highest BCUT2D eigenvalue weighted by molar-refractivity contribution is 5.80. The predicted octanol–water partition coefficient (Wildman–Crippen LogP) is 2.66. The Bertz CT molecular complexity index is 1270. The van der Waals surface area contributed by atoms with Gasteiger partial charge in [-0.25, -0.2) is 9.67 Å². The molecule has 2 N–H and O–H groups in total. The summed E-state index contributed by atoms with van der Waals surface area (Å²) in [4.78, 5) is 36.4. The van der Waals surface area contributed by atoms with Crippen LogP contribution in [0.1, 0.15) is 37.2 Å². The second-order valence-electron chi connectivity index (χ2n) is 6.83. The molecule has 4 rings (SSSR count). The zero-order chi connectivity index (χ0) is 20.4. The summed E-state index contributed by atoms with van der Waals surface area (Å²) in [5.41, 5.74) is 0.869. The van der Waals surface area contributed by atoms with Crippen LogP contribution < -0.4 is 16.4 Å². The van der Waals surface area contributed by atoms with E-state index >= 15 is 0 Å². The summed E-state index contributed by atoms with van der Waals surface area (Å²) in [7, 11) is 0. The highest BCUT2D eigenvalue weighted by Gasteiger charge is 2.16. The number of aromatic nitrogens is 5. The molecule has 0 aliphatic heterocycles. The minimum absolute atomic E-state index is 0.112. The number of hydrogen-bond acceptors (Lipinski definition) is 6. The maximum Gasteiger partial charge on any atom is 0.275 e. The third-order valence-electron chi connectivity index (χ3n) is 4.81. The lowest BCUT2D eigenvalue weighted by atomic mass is 10.1. The molecule has 0 saturated carbocycles. The molecule has 3 heterocycles. The molecule has 146 valence electrons. The lowest BCUT2D eigenvalue weighted by Gasteiger charge is -2.17. The number of hydrogen-bond donors (Lipinski definition) is 2. The number of nitrogens with zero attached hydrogens (tertiary/aromatic N) is 4. The Hall–Kier alpha value is -3.81. The Morgan fingerprint density at radius 1 is 1.07 bits per heavy atom. The van der Waals surface area contributed by atoms with Gasteiger partial charge in [0.25, 0.3) is 11.1 Å². The molecule has 29 heavy (non-hydrogen) atoms. The zero-order valence-electron chi connectivity index (χ0n) is 16.0. The van der Waals surface area contributed by atoms with Crippen LogP contribution in [0, 0.1) is 0 Å². The number of rotatable bonds is 5. The molecule has 0 bridgehead atoms. The minimum Gasteiger partial charge on any atom is -0.349 e. The number of pyridine rings is 1. The number of aromatic amines is 1. The van der Waals surface area contributed by atoms with Gasteiger partial charge in [0.15, 0.2) is 0 Å². The molecule has 0 saturated heterocycles. The molecule has 0 spiro atoms. The molecule has 0 fully saturated rings. The van der Waals surface area contributed by atoms with Crippen LogP contribution in [-0.2, 0) is 0 Å². The van der Waals surface area contributed by atoms with Crippen LogP contribution in [0.15, 0.2) is 70.6 Å². The molecule has 0 aliphatic rings. The van der Waals surface area contributed by atoms with Gasteiger partial charge in [0.05, 0.1) is 29.4 Å². The third kappa shape index (κ3) is 3.77. The van der Waals surface area contributed by atoms with E-state index < -0.39 is 6.04 Å². The molecular weight excluding hydrogens is 368 g/mol. The first-order chi connectivity index (χ1) is 14.0. The van der Waals surface area contributed by atoms with Crippen LogP contribution in [0.25, 0.3) is 10.8 Å². The number of anilines is 1. The molecule has 0 unspecified atom stereocenters. The average molecular weight is 388 g/mol. The van der Waals surface area contributed by atoms with Gasteiger partial charge in [0.1, 0.15) is 0 Å². The van der Waals surface area contributed by atoms with E-state index in [9.17, 15) is 9.59 Å². The Morgan fingerprint density at radius 3 is 2.69 bits per heavy atom. The molecule has 0 aliphatic carbocycles. The molecule has 0 amide bonds. The van der Waals surface area contributed by atoms with E-state index in [4.69, 9.17) is 0 Å². The van der Waals surface area contributed by atoms with Crippen LogP contribution in [-0.4, -0.2) is 24.7 Å². The first kappa shape index (κ1) is 18.5. The van der Waals surface area contributed by atoms with Crippen molar-refractivity contribution < 1.29 is 0 Å². The minimum atomic E-state index is -0.511. The van der Waals surface area contributed by atoms with Gasteiger partial charge in [-0.15, -0.1) is 0 Å². The topological polar surface area (TPSA) is 106 Å². The maximum absolute atomic E-state index is 12.8. The fraction of sp³-hybridized carbons (Fsp3) is 0.190. The van der Waals surface area contributed by atoms with E-state index in [1.165, 1.54) is 10.7 Å². The van der Waals surface area contributed by atoms with Gasteiger partial charge < -0.3 is 5.32 Å². The van der Waals surface area contributed by atoms with E-state index in [-0.39, 0.29) is 17.2 Å². The summed E-state index contributed by atoms with van der Waals surface area (Å²) in [5, 5.41) is 8.79. The SMILES string of the molecule is C[C@@H](Nc1nc([C@H](C)n2ncc3ccccc3c2=O)cc(=O)[nH]1)c1cccnc1. The Morgan fingerprint density at radius 2 is 1.90 bits per heavy atom. The van der Waals surface area contributed by atoms with Crippen molar-refractivity contribution in [3.63, 3.8) is 0 Å². The number of nitrogens with one attached hydrogen (secondary N) is 2. The van der Waals surface area contributed by atoms with Crippen molar-refractivity contribution in [2.24, 2.45) is 0 Å². The van der Waals surface area contributed by atoms with Gasteiger partial charge in [0, 0.05) is 23.8 Å². The molecule has 4 aromatic rings. The van der Waals surface area contributed by atoms with Gasteiger partial charge >= 0.3 is 0 Å². The molecule has 8 heteroatoms. The van der Waals surface area contributed by atoms with E-state index in [1.807, 2.05) is 37.3 Å². The highest BCUT2D eigenvalue weighted by Crippen LogP contribution is 2.18. The van der Waals surface area contributed by atoms with Gasteiger partial charge in [-0.3, -0.25) is 19.6 Å². The second kappa shape index (κ2) is 7.67. The lowest BCUT2D eigenvalue weighted by Crippen LogP contribution is -2.28. The highest BCUT2D eigenvalue weighted by atomic mass is 16.1.